The van der Waals surface area contributed by atoms with Crippen molar-refractivity contribution in [3.05, 3.63) is 29.8 Å². The summed E-state index contributed by atoms with van der Waals surface area (Å²) in [7, 11) is 1.76. The lowest BCUT2D eigenvalue weighted by molar-refractivity contribution is -0.119. The fraction of sp³-hybridized carbons (Fsp3) is 0.579. The average Bonchev–Trinajstić information content (AvgIpc) is 3.05. The number of rotatable bonds is 4. The highest BCUT2D eigenvalue weighted by Crippen LogP contribution is 2.26. The maximum atomic E-state index is 12.2. The number of guanidine groups is 1. The molecular formula is C19H31IN4O. The maximum Gasteiger partial charge on any atom is 0.227 e. The summed E-state index contributed by atoms with van der Waals surface area (Å²) >= 11 is 0. The highest BCUT2D eigenvalue weighted by atomic mass is 127. The lowest BCUT2D eigenvalue weighted by atomic mass is 10.1. The smallest absolute Gasteiger partial charge is 0.227 e. The molecule has 0 saturated heterocycles. The zero-order valence-corrected chi connectivity index (χ0v) is 18.0. The molecule has 1 aromatic rings. The average molecular weight is 458 g/mol. The SMILES string of the molecule is CN=C(NCc1cccc(NC(=O)C2CCCC2)c1)NC(C)(C)C.I. The van der Waals surface area contributed by atoms with Crippen molar-refractivity contribution in [1.82, 2.24) is 10.6 Å². The van der Waals surface area contributed by atoms with E-state index in [1.165, 1.54) is 12.8 Å². The maximum absolute atomic E-state index is 12.2. The topological polar surface area (TPSA) is 65.5 Å². The minimum atomic E-state index is -0.0427. The Labute approximate surface area is 168 Å². The van der Waals surface area contributed by atoms with Crippen LogP contribution in [-0.2, 0) is 11.3 Å². The fourth-order valence-corrected chi connectivity index (χ4v) is 2.91. The van der Waals surface area contributed by atoms with Crippen LogP contribution < -0.4 is 16.0 Å². The van der Waals surface area contributed by atoms with E-state index < -0.39 is 0 Å². The van der Waals surface area contributed by atoms with E-state index in [0.717, 1.165) is 30.1 Å². The number of halogens is 1. The summed E-state index contributed by atoms with van der Waals surface area (Å²) in [6.07, 6.45) is 4.37. The van der Waals surface area contributed by atoms with Crippen LogP contribution in [0.2, 0.25) is 0 Å². The van der Waals surface area contributed by atoms with Crippen LogP contribution in [0.4, 0.5) is 5.69 Å². The molecule has 25 heavy (non-hydrogen) atoms. The number of carbonyl (C=O) groups excluding carboxylic acids is 1. The van der Waals surface area contributed by atoms with Crippen molar-refractivity contribution >= 4 is 41.5 Å². The Balaban J connectivity index is 0.00000312. The van der Waals surface area contributed by atoms with E-state index in [1.54, 1.807) is 7.05 Å². The summed E-state index contributed by atoms with van der Waals surface area (Å²) < 4.78 is 0. The Hall–Kier alpha value is -1.31. The number of amides is 1. The number of nitrogens with zero attached hydrogens (tertiary/aromatic N) is 1. The van der Waals surface area contributed by atoms with Crippen LogP contribution in [0.1, 0.15) is 52.0 Å². The largest absolute Gasteiger partial charge is 0.352 e. The van der Waals surface area contributed by atoms with Gasteiger partial charge in [0.15, 0.2) is 5.96 Å². The summed E-state index contributed by atoms with van der Waals surface area (Å²) in [5, 5.41) is 9.68. The summed E-state index contributed by atoms with van der Waals surface area (Å²) in [5.41, 5.74) is 1.93. The van der Waals surface area contributed by atoms with Crippen LogP contribution in [-0.4, -0.2) is 24.5 Å². The van der Waals surface area contributed by atoms with Crippen molar-refractivity contribution in [1.29, 1.82) is 0 Å². The van der Waals surface area contributed by atoms with Gasteiger partial charge in [-0.15, -0.1) is 24.0 Å². The van der Waals surface area contributed by atoms with Crippen LogP contribution in [0, 0.1) is 5.92 Å². The second-order valence-corrected chi connectivity index (χ2v) is 7.47. The molecular weight excluding hydrogens is 427 g/mol. The van der Waals surface area contributed by atoms with Crippen LogP contribution in [0.5, 0.6) is 0 Å². The monoisotopic (exact) mass is 458 g/mol. The van der Waals surface area contributed by atoms with Gasteiger partial charge in [-0.2, -0.15) is 0 Å². The number of benzene rings is 1. The van der Waals surface area contributed by atoms with E-state index >= 15 is 0 Å². The van der Waals surface area contributed by atoms with Gasteiger partial charge in [0.05, 0.1) is 0 Å². The van der Waals surface area contributed by atoms with Gasteiger partial charge in [0.2, 0.25) is 5.91 Å². The second kappa shape index (κ2) is 9.99. The minimum Gasteiger partial charge on any atom is -0.352 e. The molecule has 140 valence electrons. The van der Waals surface area contributed by atoms with Crippen LogP contribution in [0.3, 0.4) is 0 Å². The van der Waals surface area contributed by atoms with E-state index in [-0.39, 0.29) is 41.3 Å². The molecule has 1 aromatic carbocycles. The van der Waals surface area contributed by atoms with Crippen LogP contribution in [0.15, 0.2) is 29.3 Å². The Morgan fingerprint density at radius 2 is 1.92 bits per heavy atom. The van der Waals surface area contributed by atoms with Crippen LogP contribution >= 0.6 is 24.0 Å². The molecule has 0 aromatic heterocycles. The first-order valence-corrected chi connectivity index (χ1v) is 8.76. The quantitative estimate of drug-likeness (QED) is 0.364. The van der Waals surface area contributed by atoms with E-state index in [4.69, 9.17) is 0 Å². The Bertz CT molecular complexity index is 589. The van der Waals surface area contributed by atoms with Crippen molar-refractivity contribution < 1.29 is 4.79 Å². The van der Waals surface area contributed by atoms with Crippen molar-refractivity contribution in [3.63, 3.8) is 0 Å². The Kier molecular flexibility index (Phi) is 8.68. The van der Waals surface area contributed by atoms with Gasteiger partial charge in [-0.05, 0) is 51.3 Å². The summed E-state index contributed by atoms with van der Waals surface area (Å²) in [6, 6.07) is 7.98. The van der Waals surface area contributed by atoms with Gasteiger partial charge in [-0.3, -0.25) is 9.79 Å². The third kappa shape index (κ3) is 7.63. The van der Waals surface area contributed by atoms with Crippen molar-refractivity contribution in [2.75, 3.05) is 12.4 Å². The molecule has 0 heterocycles. The molecule has 1 aliphatic carbocycles. The molecule has 2 rings (SSSR count). The molecule has 5 nitrogen and oxygen atoms in total. The highest BCUT2D eigenvalue weighted by molar-refractivity contribution is 14.0. The van der Waals surface area contributed by atoms with E-state index in [2.05, 4.69) is 41.7 Å². The van der Waals surface area contributed by atoms with Gasteiger partial charge >= 0.3 is 0 Å². The molecule has 0 radical (unpaired) electrons. The summed E-state index contributed by atoms with van der Waals surface area (Å²) in [4.78, 5) is 16.5. The number of anilines is 1. The predicted octanol–water partition coefficient (Wildman–Crippen LogP) is 3.90. The van der Waals surface area contributed by atoms with Crippen molar-refractivity contribution in [2.45, 2.75) is 58.5 Å². The van der Waals surface area contributed by atoms with Gasteiger partial charge in [-0.1, -0.05) is 25.0 Å². The number of aliphatic imine (C=N–C) groups is 1. The zero-order valence-electron chi connectivity index (χ0n) is 15.7. The predicted molar refractivity (Wildman–Crippen MR) is 116 cm³/mol. The Morgan fingerprint density at radius 3 is 2.52 bits per heavy atom. The summed E-state index contributed by atoms with van der Waals surface area (Å²) in [5.74, 6) is 1.10. The van der Waals surface area contributed by atoms with Gasteiger partial charge in [0.1, 0.15) is 0 Å². The van der Waals surface area contributed by atoms with Crippen LogP contribution in [0.25, 0.3) is 0 Å². The molecule has 0 bridgehead atoms. The molecule has 1 aliphatic rings. The van der Waals surface area contributed by atoms with Gasteiger partial charge in [-0.25, -0.2) is 0 Å². The number of nitrogens with one attached hydrogen (secondary N) is 3. The molecule has 0 spiro atoms. The third-order valence-corrected chi connectivity index (χ3v) is 4.10. The minimum absolute atomic E-state index is 0. The van der Waals surface area contributed by atoms with Crippen molar-refractivity contribution in [3.8, 4) is 0 Å². The first kappa shape index (κ1) is 21.7. The molecule has 1 saturated carbocycles. The molecule has 0 aliphatic heterocycles. The van der Waals surface area contributed by atoms with E-state index in [9.17, 15) is 4.79 Å². The molecule has 0 unspecified atom stereocenters. The fourth-order valence-electron chi connectivity index (χ4n) is 2.91. The van der Waals surface area contributed by atoms with Gasteiger partial charge < -0.3 is 16.0 Å². The Morgan fingerprint density at radius 1 is 1.24 bits per heavy atom. The van der Waals surface area contributed by atoms with E-state index in [0.29, 0.717) is 6.54 Å². The van der Waals surface area contributed by atoms with Gasteiger partial charge in [0.25, 0.3) is 0 Å². The van der Waals surface area contributed by atoms with Gasteiger partial charge in [0, 0.05) is 30.7 Å². The molecule has 3 N–H and O–H groups in total. The third-order valence-electron chi connectivity index (χ3n) is 4.10. The first-order valence-electron chi connectivity index (χ1n) is 8.76. The van der Waals surface area contributed by atoms with Crippen molar-refractivity contribution in [2.24, 2.45) is 10.9 Å². The molecule has 6 heteroatoms. The first-order chi connectivity index (χ1) is 11.4. The summed E-state index contributed by atoms with van der Waals surface area (Å²) in [6.45, 7) is 6.94. The van der Waals surface area contributed by atoms with E-state index in [1.807, 2.05) is 24.3 Å². The number of hydrogen-bond acceptors (Lipinski definition) is 2. The lowest BCUT2D eigenvalue weighted by Crippen LogP contribution is -2.47. The zero-order chi connectivity index (χ0) is 17.6. The number of hydrogen-bond donors (Lipinski definition) is 3. The molecule has 0 atom stereocenters. The lowest BCUT2D eigenvalue weighted by Gasteiger charge is -2.23. The normalized spacial score (nSPS) is 15.4. The highest BCUT2D eigenvalue weighted by Gasteiger charge is 2.22. The second-order valence-electron chi connectivity index (χ2n) is 7.47. The molecule has 1 fully saturated rings. The number of carbonyl (C=O) groups is 1. The molecule has 1 amide bonds. The standard InChI is InChI=1S/C19H30N4O.HI/c1-19(2,3)23-18(20-4)21-13-14-8-7-11-16(12-14)22-17(24)15-9-5-6-10-15;/h7-8,11-12,15H,5-6,9-10,13H2,1-4H3,(H,22,24)(H2,20,21,23);1H.